The zero-order chi connectivity index (χ0) is 15.3. The van der Waals surface area contributed by atoms with Crippen molar-refractivity contribution in [2.45, 2.75) is 37.8 Å². The van der Waals surface area contributed by atoms with Gasteiger partial charge in [0.25, 0.3) is 0 Å². The van der Waals surface area contributed by atoms with E-state index in [1.165, 1.54) is 0 Å². The maximum absolute atomic E-state index is 9.67. The molecule has 5 nitrogen and oxygen atoms in total. The van der Waals surface area contributed by atoms with Crippen molar-refractivity contribution < 1.29 is 19.3 Å². The molecule has 1 aliphatic rings. The Kier molecular flexibility index (Phi) is 5.31. The summed E-state index contributed by atoms with van der Waals surface area (Å²) in [4.78, 5) is 0. The zero-order valence-electron chi connectivity index (χ0n) is 13.1. The van der Waals surface area contributed by atoms with Gasteiger partial charge in [-0.05, 0) is 18.9 Å². The van der Waals surface area contributed by atoms with Crippen molar-refractivity contribution in [1.29, 1.82) is 0 Å². The number of hydrogen-bond donors (Lipinski definition) is 2. The van der Waals surface area contributed by atoms with Crippen molar-refractivity contribution in [2.24, 2.45) is 0 Å². The van der Waals surface area contributed by atoms with Crippen LogP contribution in [0, 0.1) is 0 Å². The van der Waals surface area contributed by atoms with Crippen LogP contribution in [-0.4, -0.2) is 38.6 Å². The Labute approximate surface area is 126 Å². The standard InChI is InChI=1S/C16H25NO4/c1-19-13-9-15(21-3)14(20-2)8-12(13)10-17-16(11-18)6-4-5-7-16/h8-9,17-18H,4-7,10-11H2,1-3H3. The van der Waals surface area contributed by atoms with Crippen LogP contribution < -0.4 is 19.5 Å². The molecule has 0 radical (unpaired) electrons. The molecular weight excluding hydrogens is 270 g/mol. The van der Waals surface area contributed by atoms with Crippen molar-refractivity contribution in [1.82, 2.24) is 5.32 Å². The molecule has 0 atom stereocenters. The Balaban J connectivity index is 2.18. The van der Waals surface area contributed by atoms with Gasteiger partial charge in [0.1, 0.15) is 5.75 Å². The lowest BCUT2D eigenvalue weighted by atomic mass is 9.98. The Morgan fingerprint density at radius 1 is 1.00 bits per heavy atom. The van der Waals surface area contributed by atoms with Gasteiger partial charge >= 0.3 is 0 Å². The zero-order valence-corrected chi connectivity index (χ0v) is 13.1. The lowest BCUT2D eigenvalue weighted by Crippen LogP contribution is -2.45. The average Bonchev–Trinajstić information content (AvgIpc) is 3.01. The number of methoxy groups -OCH3 is 3. The molecule has 0 unspecified atom stereocenters. The van der Waals surface area contributed by atoms with Crippen molar-refractivity contribution in [3.8, 4) is 17.2 Å². The van der Waals surface area contributed by atoms with Gasteiger partial charge in [0.2, 0.25) is 0 Å². The van der Waals surface area contributed by atoms with Crippen LogP contribution in [0.15, 0.2) is 12.1 Å². The van der Waals surface area contributed by atoms with E-state index in [1.54, 1.807) is 21.3 Å². The summed E-state index contributed by atoms with van der Waals surface area (Å²) >= 11 is 0. The lowest BCUT2D eigenvalue weighted by molar-refractivity contribution is 0.162. The van der Waals surface area contributed by atoms with E-state index in [4.69, 9.17) is 14.2 Å². The van der Waals surface area contributed by atoms with Gasteiger partial charge in [0.05, 0.1) is 27.9 Å². The summed E-state index contributed by atoms with van der Waals surface area (Å²) in [5.41, 5.74) is 0.841. The van der Waals surface area contributed by atoms with Crippen LogP contribution in [0.25, 0.3) is 0 Å². The van der Waals surface area contributed by atoms with E-state index in [9.17, 15) is 5.11 Å². The summed E-state index contributed by atoms with van der Waals surface area (Å²) in [5, 5.41) is 13.2. The first-order valence-corrected chi connectivity index (χ1v) is 7.33. The molecule has 0 spiro atoms. The molecule has 2 N–H and O–H groups in total. The second-order valence-corrected chi connectivity index (χ2v) is 5.52. The maximum atomic E-state index is 9.67. The van der Waals surface area contributed by atoms with Gasteiger partial charge < -0.3 is 24.6 Å². The fourth-order valence-electron chi connectivity index (χ4n) is 2.96. The van der Waals surface area contributed by atoms with Crippen LogP contribution in [0.2, 0.25) is 0 Å². The fourth-order valence-corrected chi connectivity index (χ4v) is 2.96. The minimum Gasteiger partial charge on any atom is -0.496 e. The summed E-state index contributed by atoms with van der Waals surface area (Å²) < 4.78 is 16.1. The molecule has 0 aromatic heterocycles. The summed E-state index contributed by atoms with van der Waals surface area (Å²) in [6, 6.07) is 3.75. The summed E-state index contributed by atoms with van der Waals surface area (Å²) in [5.74, 6) is 2.08. The van der Waals surface area contributed by atoms with Crippen LogP contribution in [0.4, 0.5) is 0 Å². The van der Waals surface area contributed by atoms with Crippen LogP contribution in [0.1, 0.15) is 31.2 Å². The molecule has 1 aliphatic carbocycles. The van der Waals surface area contributed by atoms with E-state index in [2.05, 4.69) is 5.32 Å². The minimum atomic E-state index is -0.155. The van der Waals surface area contributed by atoms with Crippen LogP contribution >= 0.6 is 0 Å². The van der Waals surface area contributed by atoms with Crippen molar-refractivity contribution in [3.05, 3.63) is 17.7 Å². The highest BCUT2D eigenvalue weighted by Crippen LogP contribution is 2.35. The second kappa shape index (κ2) is 7.00. The number of hydrogen-bond acceptors (Lipinski definition) is 5. The fraction of sp³-hybridized carbons (Fsp3) is 0.625. The minimum absolute atomic E-state index is 0.155. The Hall–Kier alpha value is -1.46. The highest BCUT2D eigenvalue weighted by Gasteiger charge is 2.32. The summed E-state index contributed by atoms with van der Waals surface area (Å²) in [6.45, 7) is 0.798. The van der Waals surface area contributed by atoms with E-state index < -0.39 is 0 Å². The topological polar surface area (TPSA) is 60.0 Å². The average molecular weight is 295 g/mol. The summed E-state index contributed by atoms with van der Waals surface area (Å²) in [7, 11) is 4.87. The molecule has 1 saturated carbocycles. The molecule has 0 amide bonds. The third-order valence-corrected chi connectivity index (χ3v) is 4.30. The number of benzene rings is 1. The van der Waals surface area contributed by atoms with E-state index >= 15 is 0 Å². The van der Waals surface area contributed by atoms with Crippen LogP contribution in [0.3, 0.4) is 0 Å². The van der Waals surface area contributed by atoms with E-state index in [0.717, 1.165) is 37.0 Å². The smallest absolute Gasteiger partial charge is 0.164 e. The molecule has 0 bridgehead atoms. The largest absolute Gasteiger partial charge is 0.496 e. The van der Waals surface area contributed by atoms with Crippen LogP contribution in [-0.2, 0) is 6.54 Å². The molecule has 5 heteroatoms. The van der Waals surface area contributed by atoms with Gasteiger partial charge in [-0.1, -0.05) is 12.8 Å². The van der Waals surface area contributed by atoms with Gasteiger partial charge in [-0.15, -0.1) is 0 Å². The van der Waals surface area contributed by atoms with Crippen molar-refractivity contribution >= 4 is 0 Å². The predicted molar refractivity (Wildman–Crippen MR) is 81.2 cm³/mol. The van der Waals surface area contributed by atoms with Gasteiger partial charge in [-0.25, -0.2) is 0 Å². The van der Waals surface area contributed by atoms with Gasteiger partial charge in [-0.2, -0.15) is 0 Å². The summed E-state index contributed by atoms with van der Waals surface area (Å²) in [6.07, 6.45) is 4.35. The monoisotopic (exact) mass is 295 g/mol. The molecule has 118 valence electrons. The van der Waals surface area contributed by atoms with Crippen molar-refractivity contribution in [3.63, 3.8) is 0 Å². The molecule has 0 heterocycles. The maximum Gasteiger partial charge on any atom is 0.164 e. The Morgan fingerprint density at radius 3 is 2.10 bits per heavy atom. The lowest BCUT2D eigenvalue weighted by Gasteiger charge is -2.28. The normalized spacial score (nSPS) is 16.8. The second-order valence-electron chi connectivity index (χ2n) is 5.52. The Morgan fingerprint density at radius 2 is 1.57 bits per heavy atom. The first-order chi connectivity index (χ1) is 10.2. The van der Waals surface area contributed by atoms with Crippen molar-refractivity contribution in [2.75, 3.05) is 27.9 Å². The number of rotatable bonds is 7. The number of ether oxygens (including phenoxy) is 3. The van der Waals surface area contributed by atoms with Gasteiger partial charge in [0, 0.05) is 23.7 Å². The van der Waals surface area contributed by atoms with E-state index in [-0.39, 0.29) is 12.1 Å². The molecule has 0 aliphatic heterocycles. The van der Waals surface area contributed by atoms with Gasteiger partial charge in [0.15, 0.2) is 11.5 Å². The van der Waals surface area contributed by atoms with Gasteiger partial charge in [-0.3, -0.25) is 0 Å². The molecule has 1 aromatic carbocycles. The highest BCUT2D eigenvalue weighted by molar-refractivity contribution is 5.50. The Bertz CT molecular complexity index is 470. The molecule has 0 saturated heterocycles. The van der Waals surface area contributed by atoms with E-state index in [1.807, 2.05) is 12.1 Å². The first kappa shape index (κ1) is 15.9. The molecule has 21 heavy (non-hydrogen) atoms. The highest BCUT2D eigenvalue weighted by atomic mass is 16.5. The third-order valence-electron chi connectivity index (χ3n) is 4.30. The molecule has 1 aromatic rings. The predicted octanol–water partition coefficient (Wildman–Crippen LogP) is 2.11. The number of aliphatic hydroxyl groups excluding tert-OH is 1. The third kappa shape index (κ3) is 3.41. The molecule has 1 fully saturated rings. The molecular formula is C16H25NO4. The van der Waals surface area contributed by atoms with E-state index in [0.29, 0.717) is 18.0 Å². The van der Waals surface area contributed by atoms with Crippen LogP contribution in [0.5, 0.6) is 17.2 Å². The number of nitrogens with one attached hydrogen (secondary N) is 1. The first-order valence-electron chi connectivity index (χ1n) is 7.33. The number of aliphatic hydroxyl groups is 1. The molecule has 2 rings (SSSR count). The quantitative estimate of drug-likeness (QED) is 0.807. The SMILES string of the molecule is COc1cc(OC)c(OC)cc1CNC1(CO)CCCC1.